The topological polar surface area (TPSA) is 52.0 Å². The summed E-state index contributed by atoms with van der Waals surface area (Å²) in [4.78, 5) is 0. The molecule has 2 nitrogen and oxygen atoms in total. The highest BCUT2D eigenvalue weighted by molar-refractivity contribution is 5.33. The lowest BCUT2D eigenvalue weighted by Crippen LogP contribution is -2.41. The molecule has 1 fully saturated rings. The summed E-state index contributed by atoms with van der Waals surface area (Å²) in [6, 6.07) is 7.06. The third-order valence-electron chi connectivity index (χ3n) is 3.51. The molecule has 0 radical (unpaired) electrons. The third kappa shape index (κ3) is 2.06. The highest BCUT2D eigenvalue weighted by Crippen LogP contribution is 2.36. The van der Waals surface area contributed by atoms with E-state index >= 15 is 0 Å². The Balaban J connectivity index is 2.17. The van der Waals surface area contributed by atoms with Gasteiger partial charge in [0.2, 0.25) is 0 Å². The molecule has 0 heterocycles. The molecule has 0 amide bonds. The predicted octanol–water partition coefficient (Wildman–Crippen LogP) is 2.04. The Hall–Kier alpha value is -0.860. The maximum Gasteiger partial charge on any atom is 0.0327 e. The Labute approximate surface area is 91.7 Å². The van der Waals surface area contributed by atoms with Crippen LogP contribution in [0.4, 0.5) is 0 Å². The second kappa shape index (κ2) is 3.95. The van der Waals surface area contributed by atoms with Gasteiger partial charge in [0.05, 0.1) is 0 Å². The monoisotopic (exact) mass is 204 g/mol. The molecule has 1 aromatic rings. The lowest BCUT2D eigenvalue weighted by Gasteiger charge is -2.37. The Morgan fingerprint density at radius 1 is 1.27 bits per heavy atom. The normalized spacial score (nSPS) is 27.2. The average Bonchev–Trinajstić information content (AvgIpc) is 2.16. The summed E-state index contributed by atoms with van der Waals surface area (Å²) in [7, 11) is 0. The van der Waals surface area contributed by atoms with Gasteiger partial charge in [-0.15, -0.1) is 0 Å². The van der Waals surface area contributed by atoms with E-state index in [9.17, 15) is 0 Å². The van der Waals surface area contributed by atoms with Crippen molar-refractivity contribution >= 4 is 0 Å². The SMILES string of the molecule is Cc1ccc(C)c(C(N)C2CC(N)C2)c1. The maximum absolute atomic E-state index is 6.28. The van der Waals surface area contributed by atoms with Gasteiger partial charge in [-0.3, -0.25) is 0 Å². The Morgan fingerprint density at radius 2 is 1.93 bits per heavy atom. The van der Waals surface area contributed by atoms with Gasteiger partial charge < -0.3 is 11.5 Å². The average molecular weight is 204 g/mol. The molecule has 0 spiro atoms. The molecule has 0 bridgehead atoms. The van der Waals surface area contributed by atoms with Crippen LogP contribution in [-0.2, 0) is 0 Å². The molecule has 2 heteroatoms. The van der Waals surface area contributed by atoms with Crippen LogP contribution in [0.1, 0.15) is 35.6 Å². The van der Waals surface area contributed by atoms with Gasteiger partial charge in [-0.05, 0) is 43.7 Å². The molecular formula is C13H20N2. The number of nitrogens with two attached hydrogens (primary N) is 2. The fourth-order valence-electron chi connectivity index (χ4n) is 2.37. The van der Waals surface area contributed by atoms with Crippen molar-refractivity contribution in [1.82, 2.24) is 0 Å². The minimum atomic E-state index is 0.171. The number of aryl methyl sites for hydroxylation is 2. The first kappa shape index (κ1) is 10.7. The second-order valence-corrected chi connectivity index (χ2v) is 4.88. The molecule has 0 saturated heterocycles. The first-order chi connectivity index (χ1) is 7.08. The molecule has 1 aliphatic rings. The maximum atomic E-state index is 6.28. The van der Waals surface area contributed by atoms with Crippen LogP contribution in [0.25, 0.3) is 0 Å². The first-order valence-corrected chi connectivity index (χ1v) is 5.66. The van der Waals surface area contributed by atoms with E-state index in [1.165, 1.54) is 16.7 Å². The number of benzene rings is 1. The van der Waals surface area contributed by atoms with Gasteiger partial charge in [-0.1, -0.05) is 23.8 Å². The summed E-state index contributed by atoms with van der Waals surface area (Å²) in [5, 5.41) is 0. The summed E-state index contributed by atoms with van der Waals surface area (Å²) in [5.74, 6) is 0.584. The summed E-state index contributed by atoms with van der Waals surface area (Å²) in [5.41, 5.74) is 16.0. The van der Waals surface area contributed by atoms with Crippen LogP contribution in [0, 0.1) is 19.8 Å². The van der Waals surface area contributed by atoms with Crippen molar-refractivity contribution in [2.45, 2.75) is 38.8 Å². The number of hydrogen-bond donors (Lipinski definition) is 2. The van der Waals surface area contributed by atoms with Crippen molar-refractivity contribution in [2.24, 2.45) is 17.4 Å². The van der Waals surface area contributed by atoms with Gasteiger partial charge in [0.25, 0.3) is 0 Å². The van der Waals surface area contributed by atoms with Crippen LogP contribution in [0.5, 0.6) is 0 Å². The van der Waals surface area contributed by atoms with E-state index in [4.69, 9.17) is 11.5 Å². The van der Waals surface area contributed by atoms with Crippen molar-refractivity contribution in [1.29, 1.82) is 0 Å². The predicted molar refractivity (Wildman–Crippen MR) is 63.5 cm³/mol. The summed E-state index contributed by atoms with van der Waals surface area (Å²) < 4.78 is 0. The molecule has 1 unspecified atom stereocenters. The minimum absolute atomic E-state index is 0.171. The summed E-state index contributed by atoms with van der Waals surface area (Å²) in [6.07, 6.45) is 2.16. The van der Waals surface area contributed by atoms with Crippen molar-refractivity contribution in [3.05, 3.63) is 34.9 Å². The number of hydrogen-bond acceptors (Lipinski definition) is 2. The Kier molecular flexibility index (Phi) is 2.81. The van der Waals surface area contributed by atoms with Gasteiger partial charge in [-0.25, -0.2) is 0 Å². The van der Waals surface area contributed by atoms with E-state index in [2.05, 4.69) is 32.0 Å². The zero-order valence-corrected chi connectivity index (χ0v) is 9.53. The van der Waals surface area contributed by atoms with Crippen LogP contribution < -0.4 is 11.5 Å². The van der Waals surface area contributed by atoms with E-state index in [-0.39, 0.29) is 6.04 Å². The Bertz CT molecular complexity index is 354. The molecule has 4 N–H and O–H groups in total. The van der Waals surface area contributed by atoms with Crippen molar-refractivity contribution in [3.63, 3.8) is 0 Å². The quantitative estimate of drug-likeness (QED) is 0.774. The van der Waals surface area contributed by atoms with E-state index in [1.54, 1.807) is 0 Å². The van der Waals surface area contributed by atoms with Crippen LogP contribution in [0.15, 0.2) is 18.2 Å². The van der Waals surface area contributed by atoms with E-state index in [1.807, 2.05) is 0 Å². The molecule has 1 aromatic carbocycles. The molecule has 1 aliphatic carbocycles. The minimum Gasteiger partial charge on any atom is -0.328 e. The molecule has 82 valence electrons. The highest BCUT2D eigenvalue weighted by Gasteiger charge is 2.32. The van der Waals surface area contributed by atoms with E-state index < -0.39 is 0 Å². The molecule has 1 atom stereocenters. The molecule has 0 aromatic heterocycles. The molecule has 2 rings (SSSR count). The summed E-state index contributed by atoms with van der Waals surface area (Å²) >= 11 is 0. The smallest absolute Gasteiger partial charge is 0.0327 e. The zero-order chi connectivity index (χ0) is 11.0. The highest BCUT2D eigenvalue weighted by atomic mass is 14.7. The molecule has 0 aliphatic heterocycles. The van der Waals surface area contributed by atoms with Gasteiger partial charge in [0, 0.05) is 12.1 Å². The van der Waals surface area contributed by atoms with E-state index in [0.717, 1.165) is 12.8 Å². The lowest BCUT2D eigenvalue weighted by atomic mass is 9.73. The van der Waals surface area contributed by atoms with Gasteiger partial charge in [0.15, 0.2) is 0 Å². The Morgan fingerprint density at radius 3 is 2.53 bits per heavy atom. The van der Waals surface area contributed by atoms with Gasteiger partial charge in [-0.2, -0.15) is 0 Å². The number of rotatable bonds is 2. The van der Waals surface area contributed by atoms with Crippen molar-refractivity contribution < 1.29 is 0 Å². The van der Waals surface area contributed by atoms with Gasteiger partial charge in [0.1, 0.15) is 0 Å². The van der Waals surface area contributed by atoms with Crippen LogP contribution in [0.2, 0.25) is 0 Å². The van der Waals surface area contributed by atoms with Crippen molar-refractivity contribution in [3.8, 4) is 0 Å². The van der Waals surface area contributed by atoms with Crippen LogP contribution in [0.3, 0.4) is 0 Å². The van der Waals surface area contributed by atoms with Crippen molar-refractivity contribution in [2.75, 3.05) is 0 Å². The fourth-order valence-corrected chi connectivity index (χ4v) is 2.37. The van der Waals surface area contributed by atoms with Crippen LogP contribution in [-0.4, -0.2) is 6.04 Å². The third-order valence-corrected chi connectivity index (χ3v) is 3.51. The first-order valence-electron chi connectivity index (χ1n) is 5.66. The summed E-state index contributed by atoms with van der Waals surface area (Å²) in [6.45, 7) is 4.25. The van der Waals surface area contributed by atoms with E-state index in [0.29, 0.717) is 12.0 Å². The zero-order valence-electron chi connectivity index (χ0n) is 9.53. The largest absolute Gasteiger partial charge is 0.328 e. The molecule has 15 heavy (non-hydrogen) atoms. The lowest BCUT2D eigenvalue weighted by molar-refractivity contribution is 0.223. The second-order valence-electron chi connectivity index (χ2n) is 4.88. The molecular weight excluding hydrogens is 184 g/mol. The fraction of sp³-hybridized carbons (Fsp3) is 0.538. The van der Waals surface area contributed by atoms with Crippen LogP contribution >= 0.6 is 0 Å². The van der Waals surface area contributed by atoms with Gasteiger partial charge >= 0.3 is 0 Å². The standard InChI is InChI=1S/C13H20N2/c1-8-3-4-9(2)12(5-8)13(15)10-6-11(14)7-10/h3-5,10-11,13H,6-7,14-15H2,1-2H3. The molecule has 1 saturated carbocycles.